The second-order valence-corrected chi connectivity index (χ2v) is 4.97. The largest absolute Gasteiger partial charge is 0.305 e. The van der Waals surface area contributed by atoms with E-state index in [0.717, 1.165) is 30.7 Å². The predicted octanol–water partition coefficient (Wildman–Crippen LogP) is 3.13. The Balaban J connectivity index is 1.80. The van der Waals surface area contributed by atoms with Crippen molar-refractivity contribution in [3.63, 3.8) is 0 Å². The lowest BCUT2D eigenvalue weighted by Gasteiger charge is -2.06. The van der Waals surface area contributed by atoms with Crippen molar-refractivity contribution in [2.75, 3.05) is 5.32 Å². The topological polar surface area (TPSA) is 57.8 Å². The van der Waals surface area contributed by atoms with E-state index in [-0.39, 0.29) is 11.1 Å². The van der Waals surface area contributed by atoms with Crippen LogP contribution in [0.4, 0.5) is 14.6 Å². The molecule has 0 aliphatic heterocycles. The molecule has 0 spiro atoms. The fourth-order valence-corrected chi connectivity index (χ4v) is 2.02. The normalized spacial score (nSPS) is 14.3. The van der Waals surface area contributed by atoms with Gasteiger partial charge in [0, 0.05) is 23.2 Å². The summed E-state index contributed by atoms with van der Waals surface area (Å²) < 4.78 is 27.0. The molecule has 1 aromatic carbocycles. The van der Waals surface area contributed by atoms with Gasteiger partial charge < -0.3 is 5.32 Å². The maximum atomic E-state index is 13.8. The zero-order valence-corrected chi connectivity index (χ0v) is 10.8. The summed E-state index contributed by atoms with van der Waals surface area (Å²) in [6, 6.07) is 3.94. The van der Waals surface area contributed by atoms with E-state index in [0.29, 0.717) is 11.7 Å². The van der Waals surface area contributed by atoms with Crippen LogP contribution in [0.15, 0.2) is 18.2 Å². The summed E-state index contributed by atoms with van der Waals surface area (Å²) in [6.45, 7) is 1.29. The molecule has 0 unspecified atom stereocenters. The molecule has 1 heterocycles. The average Bonchev–Trinajstić information content (AvgIpc) is 3.17. The fourth-order valence-electron chi connectivity index (χ4n) is 2.02. The van der Waals surface area contributed by atoms with Crippen molar-refractivity contribution in [2.45, 2.75) is 25.7 Å². The molecule has 1 saturated carbocycles. The molecule has 1 aliphatic carbocycles. The van der Waals surface area contributed by atoms with Crippen molar-refractivity contribution in [1.29, 1.82) is 0 Å². The quantitative estimate of drug-likeness (QED) is 0.905. The second kappa shape index (κ2) is 4.70. The van der Waals surface area contributed by atoms with Gasteiger partial charge in [0.1, 0.15) is 11.6 Å². The lowest BCUT2D eigenvalue weighted by Crippen LogP contribution is -2.15. The third kappa shape index (κ3) is 2.29. The number of halogens is 2. The molecule has 6 heteroatoms. The molecule has 104 valence electrons. The van der Waals surface area contributed by atoms with Crippen molar-refractivity contribution in [3.05, 3.63) is 46.7 Å². The Labute approximate surface area is 114 Å². The number of carbonyl (C=O) groups is 1. The fraction of sp³-hybridized carbons (Fsp3) is 0.286. The third-order valence-corrected chi connectivity index (χ3v) is 3.42. The van der Waals surface area contributed by atoms with Gasteiger partial charge in [-0.25, -0.2) is 8.78 Å². The van der Waals surface area contributed by atoms with Crippen LogP contribution in [0.3, 0.4) is 0 Å². The van der Waals surface area contributed by atoms with Gasteiger partial charge in [-0.2, -0.15) is 5.10 Å². The molecule has 1 amide bonds. The highest BCUT2D eigenvalue weighted by Gasteiger charge is 2.26. The SMILES string of the molecule is Cc1c(F)ccc(C(=O)Nc2cc(C3CC3)[nH]n2)c1F. The summed E-state index contributed by atoms with van der Waals surface area (Å²) in [4.78, 5) is 12.0. The molecule has 3 rings (SSSR count). The lowest BCUT2D eigenvalue weighted by atomic mass is 10.1. The number of benzene rings is 1. The molecule has 1 fully saturated rings. The molecule has 0 radical (unpaired) electrons. The first-order valence-electron chi connectivity index (χ1n) is 6.37. The molecule has 0 atom stereocenters. The Morgan fingerprint density at radius 3 is 2.85 bits per heavy atom. The van der Waals surface area contributed by atoms with Crippen molar-refractivity contribution < 1.29 is 13.6 Å². The Morgan fingerprint density at radius 1 is 1.40 bits per heavy atom. The molecule has 2 aromatic rings. The Hall–Kier alpha value is -2.24. The van der Waals surface area contributed by atoms with Gasteiger partial charge in [-0.05, 0) is 31.9 Å². The third-order valence-electron chi connectivity index (χ3n) is 3.42. The standard InChI is InChI=1S/C14H13F2N3O/c1-7-10(15)5-4-9(13(7)16)14(20)17-12-6-11(18-19-12)8-2-3-8/h4-6,8H,2-3H2,1H3,(H2,17,18,19,20). The molecule has 1 aliphatic rings. The van der Waals surface area contributed by atoms with Crippen LogP contribution in [-0.2, 0) is 0 Å². The number of H-pyrrole nitrogens is 1. The number of amides is 1. The van der Waals surface area contributed by atoms with Crippen molar-refractivity contribution in [1.82, 2.24) is 10.2 Å². The first kappa shape index (κ1) is 12.8. The molecule has 4 nitrogen and oxygen atoms in total. The summed E-state index contributed by atoms with van der Waals surface area (Å²) in [5.41, 5.74) is 0.606. The van der Waals surface area contributed by atoms with Gasteiger partial charge >= 0.3 is 0 Å². The number of rotatable bonds is 3. The maximum Gasteiger partial charge on any atom is 0.259 e. The van der Waals surface area contributed by atoms with Gasteiger partial charge in [-0.1, -0.05) is 0 Å². The van der Waals surface area contributed by atoms with E-state index in [1.165, 1.54) is 6.92 Å². The van der Waals surface area contributed by atoms with Crippen LogP contribution in [0.25, 0.3) is 0 Å². The molecule has 2 N–H and O–H groups in total. The summed E-state index contributed by atoms with van der Waals surface area (Å²) in [5.74, 6) is -1.33. The predicted molar refractivity (Wildman–Crippen MR) is 69.6 cm³/mol. The first-order chi connectivity index (χ1) is 9.56. The van der Waals surface area contributed by atoms with E-state index < -0.39 is 17.5 Å². The average molecular weight is 277 g/mol. The minimum Gasteiger partial charge on any atom is -0.305 e. The van der Waals surface area contributed by atoms with E-state index in [2.05, 4.69) is 15.5 Å². The molecule has 20 heavy (non-hydrogen) atoms. The zero-order valence-electron chi connectivity index (χ0n) is 10.8. The van der Waals surface area contributed by atoms with E-state index in [1.807, 2.05) is 0 Å². The van der Waals surface area contributed by atoms with Gasteiger partial charge in [0.15, 0.2) is 5.82 Å². The van der Waals surface area contributed by atoms with Crippen molar-refractivity contribution in [2.24, 2.45) is 0 Å². The molecule has 0 saturated heterocycles. The van der Waals surface area contributed by atoms with Gasteiger partial charge in [-0.3, -0.25) is 9.89 Å². The van der Waals surface area contributed by atoms with Crippen LogP contribution in [0.1, 0.15) is 40.4 Å². The van der Waals surface area contributed by atoms with Crippen LogP contribution in [-0.4, -0.2) is 16.1 Å². The summed E-state index contributed by atoms with van der Waals surface area (Å²) >= 11 is 0. The van der Waals surface area contributed by atoms with Gasteiger partial charge in [0.25, 0.3) is 5.91 Å². The van der Waals surface area contributed by atoms with Crippen LogP contribution in [0, 0.1) is 18.6 Å². The molecular formula is C14H13F2N3O. The smallest absolute Gasteiger partial charge is 0.259 e. The number of anilines is 1. The van der Waals surface area contributed by atoms with E-state index in [4.69, 9.17) is 0 Å². The van der Waals surface area contributed by atoms with E-state index in [1.54, 1.807) is 6.07 Å². The number of hydrogen-bond acceptors (Lipinski definition) is 2. The Kier molecular flexibility index (Phi) is 3.00. The van der Waals surface area contributed by atoms with E-state index in [9.17, 15) is 13.6 Å². The lowest BCUT2D eigenvalue weighted by molar-refractivity contribution is 0.102. The number of hydrogen-bond donors (Lipinski definition) is 2. The van der Waals surface area contributed by atoms with Crippen LogP contribution in [0.5, 0.6) is 0 Å². The Morgan fingerprint density at radius 2 is 2.15 bits per heavy atom. The number of nitrogens with zero attached hydrogens (tertiary/aromatic N) is 1. The first-order valence-corrected chi connectivity index (χ1v) is 6.37. The minimum absolute atomic E-state index is 0.168. The van der Waals surface area contributed by atoms with Gasteiger partial charge in [0.2, 0.25) is 0 Å². The highest BCUT2D eigenvalue weighted by atomic mass is 19.1. The van der Waals surface area contributed by atoms with Crippen LogP contribution in [0.2, 0.25) is 0 Å². The minimum atomic E-state index is -0.847. The molecule has 0 bridgehead atoms. The van der Waals surface area contributed by atoms with Crippen molar-refractivity contribution >= 4 is 11.7 Å². The number of carbonyl (C=O) groups excluding carboxylic acids is 1. The highest BCUT2D eigenvalue weighted by molar-refractivity contribution is 6.04. The zero-order chi connectivity index (χ0) is 14.3. The highest BCUT2D eigenvalue weighted by Crippen LogP contribution is 2.39. The summed E-state index contributed by atoms with van der Waals surface area (Å²) in [5, 5.41) is 9.31. The molecule has 1 aromatic heterocycles. The second-order valence-electron chi connectivity index (χ2n) is 4.97. The maximum absolute atomic E-state index is 13.8. The van der Waals surface area contributed by atoms with Gasteiger partial charge in [-0.15, -0.1) is 0 Å². The van der Waals surface area contributed by atoms with Crippen LogP contribution < -0.4 is 5.32 Å². The van der Waals surface area contributed by atoms with Gasteiger partial charge in [0.05, 0.1) is 5.56 Å². The Bertz CT molecular complexity index is 677. The van der Waals surface area contributed by atoms with Crippen molar-refractivity contribution in [3.8, 4) is 0 Å². The van der Waals surface area contributed by atoms with Crippen LogP contribution >= 0.6 is 0 Å². The number of aromatic nitrogens is 2. The monoisotopic (exact) mass is 277 g/mol. The number of aromatic amines is 1. The van der Waals surface area contributed by atoms with E-state index >= 15 is 0 Å². The summed E-state index contributed by atoms with van der Waals surface area (Å²) in [7, 11) is 0. The number of nitrogens with one attached hydrogen (secondary N) is 2. The summed E-state index contributed by atoms with van der Waals surface area (Å²) in [6.07, 6.45) is 2.22. The molecular weight excluding hydrogens is 264 g/mol.